The molecule has 0 bridgehead atoms. The van der Waals surface area contributed by atoms with Crippen LogP contribution in [0, 0.1) is 14.9 Å². The predicted octanol–water partition coefficient (Wildman–Crippen LogP) is 3.17. The summed E-state index contributed by atoms with van der Waals surface area (Å²) in [5, 5.41) is 8.34. The molecule has 0 aliphatic heterocycles. The fourth-order valence-electron chi connectivity index (χ4n) is 1.15. The van der Waals surface area contributed by atoms with Crippen LogP contribution in [-0.2, 0) is 0 Å². The number of benzene rings is 1. The molecule has 1 aromatic rings. The molecule has 72 valence electrons. The first-order valence-electron chi connectivity index (χ1n) is 4.40. The molecular formula is C11H10INO. The van der Waals surface area contributed by atoms with Gasteiger partial charge in [0.1, 0.15) is 0 Å². The second-order valence-corrected chi connectivity index (χ2v) is 4.08. The number of ketones is 1. The topological polar surface area (TPSA) is 40.9 Å². The van der Waals surface area contributed by atoms with E-state index in [2.05, 4.69) is 22.6 Å². The maximum Gasteiger partial charge on any atom is 0.163 e. The number of nitriles is 1. The van der Waals surface area contributed by atoms with Crippen molar-refractivity contribution in [2.45, 2.75) is 19.3 Å². The smallest absolute Gasteiger partial charge is 0.163 e. The average Bonchev–Trinajstić information content (AvgIpc) is 2.18. The number of nitrogens with zero attached hydrogens (tertiary/aromatic N) is 1. The molecule has 0 N–H and O–H groups in total. The van der Waals surface area contributed by atoms with Gasteiger partial charge in [-0.15, -0.1) is 0 Å². The van der Waals surface area contributed by atoms with Crippen LogP contribution >= 0.6 is 22.6 Å². The number of Topliss-reactive ketones (excluding diaryl/α,β-unsaturated/α-hetero) is 1. The number of halogens is 1. The van der Waals surface area contributed by atoms with Crippen molar-refractivity contribution in [1.82, 2.24) is 0 Å². The molecule has 0 aromatic heterocycles. The second-order valence-electron chi connectivity index (χ2n) is 2.91. The van der Waals surface area contributed by atoms with Crippen LogP contribution in [0.15, 0.2) is 24.3 Å². The molecule has 3 heteroatoms. The Bertz CT molecular complexity index is 368. The summed E-state index contributed by atoms with van der Waals surface area (Å²) in [6.07, 6.45) is 1.57. The van der Waals surface area contributed by atoms with Crippen LogP contribution in [0.1, 0.15) is 29.6 Å². The van der Waals surface area contributed by atoms with Gasteiger partial charge in [-0.1, -0.05) is 18.2 Å². The number of carbonyl (C=O) groups excluding carboxylic acids is 1. The van der Waals surface area contributed by atoms with Crippen LogP contribution < -0.4 is 0 Å². The quantitative estimate of drug-likeness (QED) is 0.487. The third-order valence-corrected chi connectivity index (χ3v) is 2.81. The zero-order chi connectivity index (χ0) is 10.4. The fraction of sp³-hybridized carbons (Fsp3) is 0.273. The van der Waals surface area contributed by atoms with Gasteiger partial charge in [-0.3, -0.25) is 4.79 Å². The zero-order valence-corrected chi connectivity index (χ0v) is 9.82. The molecule has 0 unspecified atom stereocenters. The first-order valence-corrected chi connectivity index (χ1v) is 5.48. The van der Waals surface area contributed by atoms with Gasteiger partial charge in [0, 0.05) is 22.0 Å². The van der Waals surface area contributed by atoms with Gasteiger partial charge in [-0.05, 0) is 35.1 Å². The molecule has 0 amide bonds. The van der Waals surface area contributed by atoms with Crippen molar-refractivity contribution in [2.24, 2.45) is 0 Å². The largest absolute Gasteiger partial charge is 0.294 e. The summed E-state index contributed by atoms with van der Waals surface area (Å²) in [4.78, 5) is 11.6. The van der Waals surface area contributed by atoms with Gasteiger partial charge in [-0.25, -0.2) is 0 Å². The Balaban J connectivity index is 2.62. The van der Waals surface area contributed by atoms with Crippen molar-refractivity contribution in [1.29, 1.82) is 5.26 Å². The number of hydrogen-bond donors (Lipinski definition) is 0. The highest BCUT2D eigenvalue weighted by atomic mass is 127. The Labute approximate surface area is 97.1 Å². The highest BCUT2D eigenvalue weighted by Gasteiger charge is 2.07. The van der Waals surface area contributed by atoms with E-state index >= 15 is 0 Å². The summed E-state index contributed by atoms with van der Waals surface area (Å²) in [5.74, 6) is 0.130. The minimum Gasteiger partial charge on any atom is -0.294 e. The highest BCUT2D eigenvalue weighted by molar-refractivity contribution is 14.1. The van der Waals surface area contributed by atoms with E-state index in [-0.39, 0.29) is 5.78 Å². The molecule has 0 spiro atoms. The van der Waals surface area contributed by atoms with Gasteiger partial charge < -0.3 is 0 Å². The first-order chi connectivity index (χ1) is 6.75. The van der Waals surface area contributed by atoms with Crippen molar-refractivity contribution in [3.63, 3.8) is 0 Å². The SMILES string of the molecule is N#CCCCC(=O)c1ccccc1I. The summed E-state index contributed by atoms with van der Waals surface area (Å²) in [5.41, 5.74) is 0.769. The molecule has 0 saturated heterocycles. The van der Waals surface area contributed by atoms with Crippen LogP contribution in [0.5, 0.6) is 0 Å². The van der Waals surface area contributed by atoms with Crippen molar-refractivity contribution in [3.05, 3.63) is 33.4 Å². The number of hydrogen-bond acceptors (Lipinski definition) is 2. The summed E-state index contributed by atoms with van der Waals surface area (Å²) in [7, 11) is 0. The molecule has 0 heterocycles. The lowest BCUT2D eigenvalue weighted by Crippen LogP contribution is -2.00. The Hall–Kier alpha value is -0.890. The molecule has 0 aliphatic carbocycles. The number of rotatable bonds is 4. The molecule has 0 saturated carbocycles. The molecule has 14 heavy (non-hydrogen) atoms. The second kappa shape index (κ2) is 5.76. The van der Waals surface area contributed by atoms with Crippen molar-refractivity contribution in [3.8, 4) is 6.07 Å². The van der Waals surface area contributed by atoms with Crippen LogP contribution in [0.2, 0.25) is 0 Å². The van der Waals surface area contributed by atoms with Crippen molar-refractivity contribution in [2.75, 3.05) is 0 Å². The maximum absolute atomic E-state index is 11.6. The Morgan fingerprint density at radius 1 is 1.43 bits per heavy atom. The zero-order valence-electron chi connectivity index (χ0n) is 7.66. The predicted molar refractivity (Wildman–Crippen MR) is 63.0 cm³/mol. The average molecular weight is 299 g/mol. The van der Waals surface area contributed by atoms with Crippen LogP contribution in [0.3, 0.4) is 0 Å². The van der Waals surface area contributed by atoms with E-state index in [9.17, 15) is 4.79 Å². The van der Waals surface area contributed by atoms with Gasteiger partial charge in [0.15, 0.2) is 5.78 Å². The molecular weight excluding hydrogens is 289 g/mol. The fourth-order valence-corrected chi connectivity index (χ4v) is 1.84. The van der Waals surface area contributed by atoms with Gasteiger partial charge >= 0.3 is 0 Å². The van der Waals surface area contributed by atoms with E-state index in [1.54, 1.807) is 0 Å². The lowest BCUT2D eigenvalue weighted by atomic mass is 10.1. The standard InChI is InChI=1S/C11H10INO/c12-10-6-2-1-5-9(10)11(14)7-3-4-8-13/h1-2,5-6H,3-4,7H2. The molecule has 0 atom stereocenters. The highest BCUT2D eigenvalue weighted by Crippen LogP contribution is 2.14. The third kappa shape index (κ3) is 3.11. The van der Waals surface area contributed by atoms with E-state index in [0.29, 0.717) is 19.3 Å². The van der Waals surface area contributed by atoms with E-state index in [1.165, 1.54) is 0 Å². The first kappa shape index (κ1) is 11.2. The minimum absolute atomic E-state index is 0.130. The van der Waals surface area contributed by atoms with Crippen molar-refractivity contribution < 1.29 is 4.79 Å². The van der Waals surface area contributed by atoms with E-state index in [4.69, 9.17) is 5.26 Å². The van der Waals surface area contributed by atoms with Gasteiger partial charge in [0.25, 0.3) is 0 Å². The summed E-state index contributed by atoms with van der Waals surface area (Å²) < 4.78 is 0.979. The van der Waals surface area contributed by atoms with Gasteiger partial charge in [0.2, 0.25) is 0 Å². The minimum atomic E-state index is 0.130. The van der Waals surface area contributed by atoms with Crippen molar-refractivity contribution >= 4 is 28.4 Å². The summed E-state index contributed by atoms with van der Waals surface area (Å²) in [6, 6.07) is 9.55. The molecule has 0 radical (unpaired) electrons. The van der Waals surface area contributed by atoms with Gasteiger partial charge in [0.05, 0.1) is 6.07 Å². The van der Waals surface area contributed by atoms with Crippen LogP contribution in [-0.4, -0.2) is 5.78 Å². The normalized spacial score (nSPS) is 9.43. The maximum atomic E-state index is 11.6. The Morgan fingerprint density at radius 2 is 2.14 bits per heavy atom. The molecule has 1 rings (SSSR count). The Kier molecular flexibility index (Phi) is 4.60. The monoisotopic (exact) mass is 299 g/mol. The summed E-state index contributed by atoms with van der Waals surface area (Å²) in [6.45, 7) is 0. The van der Waals surface area contributed by atoms with Crippen LogP contribution in [0.25, 0.3) is 0 Å². The number of carbonyl (C=O) groups is 1. The molecule has 0 aliphatic rings. The van der Waals surface area contributed by atoms with E-state index in [0.717, 1.165) is 9.13 Å². The Morgan fingerprint density at radius 3 is 2.79 bits per heavy atom. The van der Waals surface area contributed by atoms with Crippen LogP contribution in [0.4, 0.5) is 0 Å². The third-order valence-electron chi connectivity index (χ3n) is 1.87. The lowest BCUT2D eigenvalue weighted by molar-refractivity contribution is 0.0979. The lowest BCUT2D eigenvalue weighted by Gasteiger charge is -2.01. The van der Waals surface area contributed by atoms with Gasteiger partial charge in [-0.2, -0.15) is 5.26 Å². The molecule has 1 aromatic carbocycles. The van der Waals surface area contributed by atoms with E-state index < -0.39 is 0 Å². The molecule has 2 nitrogen and oxygen atoms in total. The summed E-state index contributed by atoms with van der Waals surface area (Å²) >= 11 is 2.15. The molecule has 0 fully saturated rings. The number of unbranched alkanes of at least 4 members (excludes halogenated alkanes) is 1. The van der Waals surface area contributed by atoms with E-state index in [1.807, 2.05) is 30.3 Å².